The van der Waals surface area contributed by atoms with Crippen LogP contribution in [0.15, 0.2) is 35.1 Å². The molecule has 0 unspecified atom stereocenters. The van der Waals surface area contributed by atoms with Gasteiger partial charge in [0.2, 0.25) is 5.78 Å². The fourth-order valence-electron chi connectivity index (χ4n) is 6.41. The van der Waals surface area contributed by atoms with Gasteiger partial charge in [0, 0.05) is 36.3 Å². The van der Waals surface area contributed by atoms with Gasteiger partial charge in [-0.15, -0.1) is 11.3 Å². The van der Waals surface area contributed by atoms with Crippen molar-refractivity contribution in [1.82, 2.24) is 28.7 Å². The zero-order chi connectivity index (χ0) is 31.0. The van der Waals surface area contributed by atoms with Gasteiger partial charge < -0.3 is 14.4 Å². The molecule has 8 nitrogen and oxygen atoms in total. The van der Waals surface area contributed by atoms with E-state index in [-0.39, 0.29) is 11.5 Å². The summed E-state index contributed by atoms with van der Waals surface area (Å²) in [6, 6.07) is 9.86. The molecule has 1 aliphatic heterocycles. The number of benzene rings is 1. The Hall–Kier alpha value is -3.30. The Bertz CT molecular complexity index is 1850. The van der Waals surface area contributed by atoms with Crippen molar-refractivity contribution in [1.29, 1.82) is 0 Å². The van der Waals surface area contributed by atoms with Crippen LogP contribution in [0.25, 0.3) is 37.2 Å². The Morgan fingerprint density at radius 1 is 0.932 bits per heavy atom. The molecule has 0 spiro atoms. The number of aryl methyl sites for hydroxylation is 2. The van der Waals surface area contributed by atoms with E-state index in [0.717, 1.165) is 85.5 Å². The van der Waals surface area contributed by atoms with Crippen molar-refractivity contribution in [3.05, 3.63) is 51.9 Å². The molecule has 4 aromatic heterocycles. The van der Waals surface area contributed by atoms with Crippen molar-refractivity contribution in [3.63, 3.8) is 0 Å². The van der Waals surface area contributed by atoms with Gasteiger partial charge in [-0.05, 0) is 101 Å². The second-order valence-corrected chi connectivity index (χ2v) is 14.4. The number of carbonyl (C=O) groups excluding carboxylic acids is 1. The Morgan fingerprint density at radius 3 is 2.36 bits per heavy atom. The number of nitrogens with zero attached hydrogens (tertiary/aromatic N) is 6. The van der Waals surface area contributed by atoms with E-state index in [4.69, 9.17) is 9.97 Å². The first kappa shape index (κ1) is 30.7. The number of hydrogen-bond donors (Lipinski definition) is 0. The molecule has 234 valence electrons. The second-order valence-electron chi connectivity index (χ2n) is 13.4. The average molecular weight is 615 g/mol. The maximum absolute atomic E-state index is 14.1. The number of rotatable bonds is 11. The van der Waals surface area contributed by atoms with Crippen LogP contribution >= 0.6 is 11.3 Å². The number of amides is 1. The Balaban J connectivity index is 1.46. The van der Waals surface area contributed by atoms with Crippen LogP contribution in [0.5, 0.6) is 0 Å². The molecule has 1 saturated heterocycles. The maximum atomic E-state index is 14.1. The predicted molar refractivity (Wildman–Crippen MR) is 182 cm³/mol. The van der Waals surface area contributed by atoms with Gasteiger partial charge in [0.15, 0.2) is 0 Å². The van der Waals surface area contributed by atoms with Crippen LogP contribution in [0.3, 0.4) is 0 Å². The van der Waals surface area contributed by atoms with E-state index in [1.54, 1.807) is 4.40 Å². The molecule has 6 rings (SSSR count). The number of piperidine rings is 1. The molecular weight excluding hydrogens is 568 g/mol. The summed E-state index contributed by atoms with van der Waals surface area (Å²) in [4.78, 5) is 43.3. The van der Waals surface area contributed by atoms with Crippen LogP contribution in [-0.2, 0) is 6.54 Å². The van der Waals surface area contributed by atoms with E-state index in [2.05, 4.69) is 37.2 Å². The van der Waals surface area contributed by atoms with Gasteiger partial charge in [-0.3, -0.25) is 9.59 Å². The first-order valence-electron chi connectivity index (χ1n) is 16.5. The molecule has 0 radical (unpaired) electrons. The molecule has 1 fully saturated rings. The van der Waals surface area contributed by atoms with Crippen molar-refractivity contribution < 1.29 is 4.79 Å². The molecule has 0 aliphatic carbocycles. The van der Waals surface area contributed by atoms with Gasteiger partial charge in [-0.25, -0.2) is 14.4 Å². The van der Waals surface area contributed by atoms with Gasteiger partial charge in [0.1, 0.15) is 15.0 Å². The number of fused-ring (bicyclic) bond motifs is 6. The molecule has 0 atom stereocenters. The van der Waals surface area contributed by atoms with Crippen LogP contribution in [0.2, 0.25) is 0 Å². The topological polar surface area (TPSA) is 75.7 Å². The Morgan fingerprint density at radius 2 is 1.66 bits per heavy atom. The zero-order valence-corrected chi connectivity index (χ0v) is 27.8. The van der Waals surface area contributed by atoms with Gasteiger partial charge in [-0.1, -0.05) is 34.1 Å². The number of likely N-dealkylation sites (tertiary alicyclic amines) is 1. The lowest BCUT2D eigenvalue weighted by Gasteiger charge is -2.26. The molecule has 0 saturated carbocycles. The van der Waals surface area contributed by atoms with Crippen molar-refractivity contribution in [2.45, 2.75) is 79.7 Å². The van der Waals surface area contributed by atoms with E-state index >= 15 is 0 Å². The van der Waals surface area contributed by atoms with Crippen molar-refractivity contribution >= 4 is 54.5 Å². The SMILES string of the molecule is Cc1ccc2c(n1)sc1c(=O)n3c4ccc(C(=O)N(CCC(C)C)CCC(C)C)cc4n(CCCN4CCCCC4)c3nc12. The summed E-state index contributed by atoms with van der Waals surface area (Å²) < 4.78 is 4.55. The van der Waals surface area contributed by atoms with Crippen molar-refractivity contribution in [2.24, 2.45) is 11.8 Å². The molecule has 5 heterocycles. The lowest BCUT2D eigenvalue weighted by atomic mass is 10.1. The smallest absolute Gasteiger partial charge is 0.277 e. The summed E-state index contributed by atoms with van der Waals surface area (Å²) in [6.07, 6.45) is 6.74. The van der Waals surface area contributed by atoms with Crippen LogP contribution in [-0.4, -0.2) is 67.4 Å². The molecule has 9 heteroatoms. The molecule has 0 N–H and O–H groups in total. The third-order valence-electron chi connectivity index (χ3n) is 9.02. The highest BCUT2D eigenvalue weighted by Crippen LogP contribution is 2.31. The maximum Gasteiger partial charge on any atom is 0.277 e. The Labute approximate surface area is 263 Å². The van der Waals surface area contributed by atoms with Gasteiger partial charge in [0.05, 0.1) is 11.0 Å². The molecule has 0 bridgehead atoms. The summed E-state index contributed by atoms with van der Waals surface area (Å²) >= 11 is 1.42. The monoisotopic (exact) mass is 614 g/mol. The second kappa shape index (κ2) is 13.0. The normalized spacial score (nSPS) is 14.7. The van der Waals surface area contributed by atoms with Gasteiger partial charge >= 0.3 is 0 Å². The fraction of sp³-hybridized carbons (Fsp3) is 0.543. The number of carbonyl (C=O) groups is 1. The van der Waals surface area contributed by atoms with Crippen LogP contribution < -0.4 is 5.56 Å². The predicted octanol–water partition coefficient (Wildman–Crippen LogP) is 7.13. The molecule has 1 aromatic carbocycles. The summed E-state index contributed by atoms with van der Waals surface area (Å²) in [7, 11) is 0. The van der Waals surface area contributed by atoms with Crippen molar-refractivity contribution in [3.8, 4) is 0 Å². The summed E-state index contributed by atoms with van der Waals surface area (Å²) in [5.74, 6) is 1.75. The third kappa shape index (κ3) is 6.13. The highest BCUT2D eigenvalue weighted by Gasteiger charge is 2.23. The summed E-state index contributed by atoms with van der Waals surface area (Å²) in [5.41, 5.74) is 3.93. The fourth-order valence-corrected chi connectivity index (χ4v) is 7.49. The molecule has 5 aromatic rings. The van der Waals surface area contributed by atoms with E-state index in [1.165, 1.54) is 30.6 Å². The largest absolute Gasteiger partial charge is 0.339 e. The van der Waals surface area contributed by atoms with E-state index < -0.39 is 0 Å². The van der Waals surface area contributed by atoms with Gasteiger partial charge in [-0.2, -0.15) is 0 Å². The summed E-state index contributed by atoms with van der Waals surface area (Å²) in [6.45, 7) is 16.3. The van der Waals surface area contributed by atoms with Crippen LogP contribution in [0.4, 0.5) is 0 Å². The number of imidazole rings is 1. The van der Waals surface area contributed by atoms with Gasteiger partial charge in [0.25, 0.3) is 11.5 Å². The van der Waals surface area contributed by atoms with E-state index in [1.807, 2.05) is 42.2 Å². The standard InChI is InChI=1S/C35H46N6O2S/c1-23(2)14-20-39(21-15-24(3)4)33(42)26-11-13-28-29(22-26)40(19-9-18-38-16-7-6-8-17-38)35-37-30-27-12-10-25(5)36-32(27)44-31(30)34(43)41(28)35/h10-13,22-24H,6-9,14-21H2,1-5H3. The first-order chi connectivity index (χ1) is 21.2. The minimum Gasteiger partial charge on any atom is -0.339 e. The number of hydrogen-bond acceptors (Lipinski definition) is 6. The minimum absolute atomic E-state index is 0.0621. The average Bonchev–Trinajstić information content (AvgIpc) is 3.52. The Kier molecular flexibility index (Phi) is 9.06. The number of thiophene rings is 1. The van der Waals surface area contributed by atoms with Crippen LogP contribution in [0, 0.1) is 18.8 Å². The van der Waals surface area contributed by atoms with Crippen LogP contribution in [0.1, 0.15) is 82.3 Å². The first-order valence-corrected chi connectivity index (χ1v) is 17.3. The molecule has 44 heavy (non-hydrogen) atoms. The summed E-state index contributed by atoms with van der Waals surface area (Å²) in [5, 5.41) is 0.919. The third-order valence-corrected chi connectivity index (χ3v) is 10.1. The zero-order valence-electron chi connectivity index (χ0n) is 26.9. The molecular formula is C35H46N6O2S. The molecule has 1 amide bonds. The highest BCUT2D eigenvalue weighted by atomic mass is 32.1. The van der Waals surface area contributed by atoms with E-state index in [0.29, 0.717) is 33.4 Å². The lowest BCUT2D eigenvalue weighted by molar-refractivity contribution is 0.0741. The molecule has 1 aliphatic rings. The minimum atomic E-state index is -0.0694. The quantitative estimate of drug-likeness (QED) is 0.158. The highest BCUT2D eigenvalue weighted by molar-refractivity contribution is 7.25. The van der Waals surface area contributed by atoms with Crippen molar-refractivity contribution in [2.75, 3.05) is 32.7 Å². The number of pyridine rings is 1. The number of aromatic nitrogens is 4. The van der Waals surface area contributed by atoms with E-state index in [9.17, 15) is 9.59 Å². The lowest BCUT2D eigenvalue weighted by Crippen LogP contribution is -2.34.